The van der Waals surface area contributed by atoms with E-state index in [1.165, 1.54) is 12.4 Å². The van der Waals surface area contributed by atoms with Crippen LogP contribution in [0.5, 0.6) is 0 Å². The highest BCUT2D eigenvalue weighted by Gasteiger charge is 2.08. The molecular weight excluding hydrogens is 228 g/mol. The van der Waals surface area contributed by atoms with E-state index in [2.05, 4.69) is 11.1 Å². The van der Waals surface area contributed by atoms with Crippen LogP contribution in [0, 0.1) is 11.3 Å². The van der Waals surface area contributed by atoms with Crippen molar-refractivity contribution in [1.29, 1.82) is 5.26 Å². The second kappa shape index (κ2) is 5.60. The summed E-state index contributed by atoms with van der Waals surface area (Å²) in [5.74, 6) is -0.426. The Balaban J connectivity index is 2.05. The second-order valence-electron chi connectivity index (χ2n) is 3.58. The van der Waals surface area contributed by atoms with Crippen molar-refractivity contribution in [2.24, 2.45) is 0 Å². The maximum absolute atomic E-state index is 11.7. The minimum absolute atomic E-state index is 0.0882. The molecule has 1 aromatic carbocycles. The van der Waals surface area contributed by atoms with Crippen LogP contribution in [0.4, 0.5) is 0 Å². The molecule has 2 aromatic rings. The molecule has 0 aliphatic rings. The smallest absolute Gasteiger partial charge is 0.338 e. The van der Waals surface area contributed by atoms with E-state index in [0.29, 0.717) is 16.7 Å². The summed E-state index contributed by atoms with van der Waals surface area (Å²) in [4.78, 5) is 15.5. The third kappa shape index (κ3) is 2.71. The Kier molecular flexibility index (Phi) is 3.67. The molecule has 4 nitrogen and oxygen atoms in total. The van der Waals surface area contributed by atoms with Crippen LogP contribution in [0.25, 0.3) is 0 Å². The second-order valence-corrected chi connectivity index (χ2v) is 3.58. The normalized spacial score (nSPS) is 9.50. The van der Waals surface area contributed by atoms with Crippen LogP contribution in [0.2, 0.25) is 0 Å². The van der Waals surface area contributed by atoms with Crippen LogP contribution >= 0.6 is 0 Å². The molecule has 1 heterocycles. The summed E-state index contributed by atoms with van der Waals surface area (Å²) in [6.45, 7) is 0.0882. The molecule has 0 fully saturated rings. The average molecular weight is 238 g/mol. The van der Waals surface area contributed by atoms with E-state index in [1.807, 2.05) is 0 Å². The van der Waals surface area contributed by atoms with Crippen LogP contribution in [0.15, 0.2) is 48.8 Å². The summed E-state index contributed by atoms with van der Waals surface area (Å²) < 4.78 is 5.14. The quantitative estimate of drug-likeness (QED) is 0.770. The van der Waals surface area contributed by atoms with Gasteiger partial charge in [-0.1, -0.05) is 18.2 Å². The van der Waals surface area contributed by atoms with Crippen molar-refractivity contribution in [2.45, 2.75) is 6.61 Å². The van der Waals surface area contributed by atoms with Gasteiger partial charge in [0.25, 0.3) is 0 Å². The number of carbonyl (C=O) groups excluding carboxylic acids is 1. The first-order valence-electron chi connectivity index (χ1n) is 5.36. The van der Waals surface area contributed by atoms with E-state index in [0.717, 1.165) is 0 Å². The predicted octanol–water partition coefficient (Wildman–Crippen LogP) is 2.31. The van der Waals surface area contributed by atoms with Gasteiger partial charge in [-0.05, 0) is 18.2 Å². The molecule has 0 saturated heterocycles. The third-order valence-electron chi connectivity index (χ3n) is 2.41. The first kappa shape index (κ1) is 11.8. The fraction of sp³-hybridized carbons (Fsp3) is 0.0714. The Hall–Kier alpha value is -2.67. The van der Waals surface area contributed by atoms with Crippen LogP contribution in [0.1, 0.15) is 21.5 Å². The Morgan fingerprint density at radius 3 is 2.67 bits per heavy atom. The van der Waals surface area contributed by atoms with Crippen LogP contribution < -0.4 is 0 Å². The average Bonchev–Trinajstić information content (AvgIpc) is 2.46. The highest BCUT2D eigenvalue weighted by Crippen LogP contribution is 2.10. The Bertz CT molecular complexity index is 588. The summed E-state index contributed by atoms with van der Waals surface area (Å²) in [5, 5.41) is 8.90. The number of esters is 1. The van der Waals surface area contributed by atoms with Gasteiger partial charge in [0.15, 0.2) is 0 Å². The summed E-state index contributed by atoms with van der Waals surface area (Å²) in [6.07, 6.45) is 3.06. The zero-order valence-corrected chi connectivity index (χ0v) is 9.54. The fourth-order valence-corrected chi connectivity index (χ4v) is 1.47. The maximum Gasteiger partial charge on any atom is 0.338 e. The minimum Gasteiger partial charge on any atom is -0.457 e. The number of rotatable bonds is 3. The SMILES string of the molecule is N#Cc1ccccc1COC(=O)c1ccncc1. The molecule has 0 saturated carbocycles. The number of hydrogen-bond donors (Lipinski definition) is 0. The molecule has 0 N–H and O–H groups in total. The molecule has 0 atom stereocenters. The van der Waals surface area contributed by atoms with Crippen molar-refractivity contribution in [1.82, 2.24) is 4.98 Å². The molecule has 88 valence electrons. The van der Waals surface area contributed by atoms with Gasteiger partial charge in [-0.2, -0.15) is 5.26 Å². The largest absolute Gasteiger partial charge is 0.457 e. The summed E-state index contributed by atoms with van der Waals surface area (Å²) in [7, 11) is 0. The van der Waals surface area contributed by atoms with Gasteiger partial charge in [0, 0.05) is 18.0 Å². The monoisotopic (exact) mass is 238 g/mol. The van der Waals surface area contributed by atoms with E-state index in [4.69, 9.17) is 10.00 Å². The molecule has 0 aliphatic heterocycles. The lowest BCUT2D eigenvalue weighted by Crippen LogP contribution is -2.06. The first-order valence-corrected chi connectivity index (χ1v) is 5.36. The molecule has 4 heteroatoms. The number of carbonyl (C=O) groups is 1. The number of nitriles is 1. The standard InChI is InChI=1S/C14H10N2O2/c15-9-12-3-1-2-4-13(12)10-18-14(17)11-5-7-16-8-6-11/h1-8H,10H2. The van der Waals surface area contributed by atoms with Gasteiger partial charge >= 0.3 is 5.97 Å². The first-order chi connectivity index (χ1) is 8.81. The number of nitrogens with zero attached hydrogens (tertiary/aromatic N) is 2. The lowest BCUT2D eigenvalue weighted by atomic mass is 10.1. The van der Waals surface area contributed by atoms with Gasteiger partial charge < -0.3 is 4.74 Å². The van der Waals surface area contributed by atoms with E-state index < -0.39 is 5.97 Å². The van der Waals surface area contributed by atoms with Gasteiger partial charge in [-0.3, -0.25) is 4.98 Å². The highest BCUT2D eigenvalue weighted by molar-refractivity contribution is 5.89. The number of benzene rings is 1. The number of aromatic nitrogens is 1. The summed E-state index contributed by atoms with van der Waals surface area (Å²) in [6, 6.07) is 12.2. The van der Waals surface area contributed by atoms with Gasteiger partial charge in [0.1, 0.15) is 6.61 Å². The minimum atomic E-state index is -0.426. The van der Waals surface area contributed by atoms with Gasteiger partial charge in [-0.15, -0.1) is 0 Å². The van der Waals surface area contributed by atoms with Crippen molar-refractivity contribution in [3.63, 3.8) is 0 Å². The molecule has 0 aliphatic carbocycles. The molecule has 2 rings (SSSR count). The van der Waals surface area contributed by atoms with Crippen molar-refractivity contribution in [3.8, 4) is 6.07 Å². The number of ether oxygens (including phenoxy) is 1. The van der Waals surface area contributed by atoms with Crippen LogP contribution in [-0.4, -0.2) is 11.0 Å². The van der Waals surface area contributed by atoms with E-state index in [-0.39, 0.29) is 6.61 Å². The number of pyridine rings is 1. The van der Waals surface area contributed by atoms with Crippen molar-refractivity contribution in [2.75, 3.05) is 0 Å². The third-order valence-corrected chi connectivity index (χ3v) is 2.41. The van der Waals surface area contributed by atoms with E-state index in [1.54, 1.807) is 36.4 Å². The Morgan fingerprint density at radius 1 is 1.22 bits per heavy atom. The fourth-order valence-electron chi connectivity index (χ4n) is 1.47. The van der Waals surface area contributed by atoms with E-state index in [9.17, 15) is 4.79 Å². The summed E-state index contributed by atoms with van der Waals surface area (Å²) >= 11 is 0. The Labute approximate surface area is 104 Å². The zero-order valence-electron chi connectivity index (χ0n) is 9.54. The lowest BCUT2D eigenvalue weighted by Gasteiger charge is -2.05. The van der Waals surface area contributed by atoms with Gasteiger partial charge in [-0.25, -0.2) is 4.79 Å². The van der Waals surface area contributed by atoms with Crippen molar-refractivity contribution < 1.29 is 9.53 Å². The van der Waals surface area contributed by atoms with Crippen LogP contribution in [-0.2, 0) is 11.3 Å². The van der Waals surface area contributed by atoms with Crippen molar-refractivity contribution >= 4 is 5.97 Å². The maximum atomic E-state index is 11.7. The highest BCUT2D eigenvalue weighted by atomic mass is 16.5. The molecular formula is C14H10N2O2. The van der Waals surface area contributed by atoms with Gasteiger partial charge in [0.05, 0.1) is 17.2 Å². The van der Waals surface area contributed by atoms with Crippen LogP contribution in [0.3, 0.4) is 0 Å². The topological polar surface area (TPSA) is 63.0 Å². The van der Waals surface area contributed by atoms with E-state index >= 15 is 0 Å². The molecule has 1 aromatic heterocycles. The number of hydrogen-bond acceptors (Lipinski definition) is 4. The van der Waals surface area contributed by atoms with Crippen molar-refractivity contribution in [3.05, 3.63) is 65.5 Å². The Morgan fingerprint density at radius 2 is 1.94 bits per heavy atom. The molecule has 0 radical (unpaired) electrons. The molecule has 0 bridgehead atoms. The van der Waals surface area contributed by atoms with Gasteiger partial charge in [0.2, 0.25) is 0 Å². The molecule has 0 amide bonds. The molecule has 0 spiro atoms. The summed E-state index contributed by atoms with van der Waals surface area (Å²) in [5.41, 5.74) is 1.65. The zero-order chi connectivity index (χ0) is 12.8. The molecule has 18 heavy (non-hydrogen) atoms. The molecule has 0 unspecified atom stereocenters. The lowest BCUT2D eigenvalue weighted by molar-refractivity contribution is 0.0472. The predicted molar refractivity (Wildman–Crippen MR) is 64.5 cm³/mol.